The van der Waals surface area contributed by atoms with E-state index in [2.05, 4.69) is 55.5 Å². The maximum Gasteiger partial charge on any atom is 0.0571 e. The molecule has 0 N–H and O–H groups in total. The monoisotopic (exact) mass is 294 g/mol. The van der Waals surface area contributed by atoms with Crippen LogP contribution in [-0.2, 0) is 11.2 Å². The molecule has 1 heteroatoms. The number of ether oxygens (including phenoxy) is 1. The molecule has 0 radical (unpaired) electrons. The Hall–Kier alpha value is -1.60. The van der Waals surface area contributed by atoms with E-state index in [4.69, 9.17) is 4.74 Å². The Morgan fingerprint density at radius 1 is 0.818 bits per heavy atom. The highest BCUT2D eigenvalue weighted by Crippen LogP contribution is 2.34. The largest absolute Gasteiger partial charge is 0.381 e. The van der Waals surface area contributed by atoms with Gasteiger partial charge in [0.1, 0.15) is 0 Å². The van der Waals surface area contributed by atoms with Crippen LogP contribution in [0, 0.1) is 0 Å². The highest BCUT2D eigenvalue weighted by molar-refractivity contribution is 5.64. The molecule has 1 fully saturated rings. The van der Waals surface area contributed by atoms with Gasteiger partial charge in [0, 0.05) is 7.11 Å². The van der Waals surface area contributed by atoms with Crippen LogP contribution in [0.15, 0.2) is 48.5 Å². The van der Waals surface area contributed by atoms with E-state index in [1.54, 1.807) is 0 Å². The van der Waals surface area contributed by atoms with Gasteiger partial charge in [-0.3, -0.25) is 0 Å². The Labute approximate surface area is 134 Å². The van der Waals surface area contributed by atoms with Gasteiger partial charge in [-0.05, 0) is 60.3 Å². The number of rotatable bonds is 4. The predicted octanol–water partition coefficient (Wildman–Crippen LogP) is 5.59. The number of methoxy groups -OCH3 is 1. The van der Waals surface area contributed by atoms with Crippen molar-refractivity contribution in [2.24, 2.45) is 0 Å². The topological polar surface area (TPSA) is 9.23 Å². The molecule has 1 aliphatic rings. The lowest BCUT2D eigenvalue weighted by Gasteiger charge is -2.27. The van der Waals surface area contributed by atoms with Crippen molar-refractivity contribution < 1.29 is 4.74 Å². The first-order chi connectivity index (χ1) is 10.8. The fourth-order valence-electron chi connectivity index (χ4n) is 3.51. The molecular weight excluding hydrogens is 268 g/mol. The molecule has 0 aromatic heterocycles. The lowest BCUT2D eigenvalue weighted by atomic mass is 9.82. The van der Waals surface area contributed by atoms with E-state index in [0.29, 0.717) is 12.0 Å². The lowest BCUT2D eigenvalue weighted by Crippen LogP contribution is -2.19. The Kier molecular flexibility index (Phi) is 4.94. The first-order valence-corrected chi connectivity index (χ1v) is 8.52. The van der Waals surface area contributed by atoms with E-state index in [0.717, 1.165) is 6.42 Å². The van der Waals surface area contributed by atoms with Crippen molar-refractivity contribution in [2.45, 2.75) is 51.0 Å². The molecule has 0 bridgehead atoms. The summed E-state index contributed by atoms with van der Waals surface area (Å²) in [5, 5.41) is 0. The summed E-state index contributed by atoms with van der Waals surface area (Å²) < 4.78 is 5.47. The van der Waals surface area contributed by atoms with Gasteiger partial charge in [-0.25, -0.2) is 0 Å². The van der Waals surface area contributed by atoms with Gasteiger partial charge >= 0.3 is 0 Å². The highest BCUT2D eigenvalue weighted by atomic mass is 16.5. The molecule has 3 rings (SSSR count). The standard InChI is InChI=1S/C21H26O/c1-3-16-4-6-17(7-5-16)18-8-10-19(11-9-18)20-12-14-21(22-2)15-13-20/h4-11,20-21H,3,12-15H2,1-2H3. The quantitative estimate of drug-likeness (QED) is 0.714. The van der Waals surface area contributed by atoms with Crippen LogP contribution in [0.1, 0.15) is 49.7 Å². The molecule has 0 amide bonds. The Morgan fingerprint density at radius 2 is 1.36 bits per heavy atom. The van der Waals surface area contributed by atoms with Crippen LogP contribution in [0.25, 0.3) is 11.1 Å². The van der Waals surface area contributed by atoms with Crippen LogP contribution in [-0.4, -0.2) is 13.2 Å². The maximum atomic E-state index is 5.47. The summed E-state index contributed by atoms with van der Waals surface area (Å²) in [5.41, 5.74) is 5.52. The van der Waals surface area contributed by atoms with Gasteiger partial charge < -0.3 is 4.74 Å². The van der Waals surface area contributed by atoms with Crippen molar-refractivity contribution in [2.75, 3.05) is 7.11 Å². The molecule has 0 saturated heterocycles. The smallest absolute Gasteiger partial charge is 0.0571 e. The highest BCUT2D eigenvalue weighted by Gasteiger charge is 2.21. The van der Waals surface area contributed by atoms with E-state index >= 15 is 0 Å². The SMILES string of the molecule is CCc1ccc(-c2ccc(C3CCC(OC)CC3)cc2)cc1. The fourth-order valence-corrected chi connectivity index (χ4v) is 3.51. The van der Waals surface area contributed by atoms with E-state index in [1.165, 1.54) is 47.9 Å². The first-order valence-electron chi connectivity index (χ1n) is 8.52. The average molecular weight is 294 g/mol. The van der Waals surface area contributed by atoms with Crippen LogP contribution >= 0.6 is 0 Å². The second-order valence-electron chi connectivity index (χ2n) is 6.38. The van der Waals surface area contributed by atoms with Gasteiger partial charge in [0.15, 0.2) is 0 Å². The van der Waals surface area contributed by atoms with Crippen LogP contribution < -0.4 is 0 Å². The van der Waals surface area contributed by atoms with Crippen molar-refractivity contribution >= 4 is 0 Å². The molecule has 0 heterocycles. The van der Waals surface area contributed by atoms with Crippen molar-refractivity contribution in [3.8, 4) is 11.1 Å². The summed E-state index contributed by atoms with van der Waals surface area (Å²) in [6.07, 6.45) is 6.48. The summed E-state index contributed by atoms with van der Waals surface area (Å²) in [5.74, 6) is 0.711. The van der Waals surface area contributed by atoms with Crippen LogP contribution in [0.2, 0.25) is 0 Å². The third-order valence-electron chi connectivity index (χ3n) is 5.09. The van der Waals surface area contributed by atoms with E-state index < -0.39 is 0 Å². The van der Waals surface area contributed by atoms with Gasteiger partial charge in [0.05, 0.1) is 6.10 Å². The molecule has 116 valence electrons. The molecule has 22 heavy (non-hydrogen) atoms. The number of hydrogen-bond acceptors (Lipinski definition) is 1. The second-order valence-corrected chi connectivity index (χ2v) is 6.38. The van der Waals surface area contributed by atoms with E-state index in [1.807, 2.05) is 7.11 Å². The molecular formula is C21H26O. The number of hydrogen-bond donors (Lipinski definition) is 0. The zero-order valence-electron chi connectivity index (χ0n) is 13.7. The molecule has 1 saturated carbocycles. The Balaban J connectivity index is 1.69. The fraction of sp³-hybridized carbons (Fsp3) is 0.429. The third kappa shape index (κ3) is 3.41. The molecule has 0 atom stereocenters. The summed E-state index contributed by atoms with van der Waals surface area (Å²) in [6, 6.07) is 18.1. The minimum absolute atomic E-state index is 0.479. The average Bonchev–Trinajstić information content (AvgIpc) is 2.62. The zero-order chi connectivity index (χ0) is 15.4. The number of benzene rings is 2. The van der Waals surface area contributed by atoms with Gasteiger partial charge in [0.25, 0.3) is 0 Å². The molecule has 2 aromatic rings. The molecule has 1 nitrogen and oxygen atoms in total. The van der Waals surface area contributed by atoms with Crippen molar-refractivity contribution in [3.05, 3.63) is 59.7 Å². The summed E-state index contributed by atoms with van der Waals surface area (Å²) >= 11 is 0. The maximum absolute atomic E-state index is 5.47. The van der Waals surface area contributed by atoms with Crippen LogP contribution in [0.5, 0.6) is 0 Å². The van der Waals surface area contributed by atoms with Crippen LogP contribution in [0.4, 0.5) is 0 Å². The minimum Gasteiger partial charge on any atom is -0.381 e. The number of aryl methyl sites for hydroxylation is 1. The molecule has 2 aromatic carbocycles. The molecule has 0 spiro atoms. The Morgan fingerprint density at radius 3 is 1.86 bits per heavy atom. The van der Waals surface area contributed by atoms with E-state index in [-0.39, 0.29) is 0 Å². The van der Waals surface area contributed by atoms with Gasteiger partial charge in [-0.1, -0.05) is 55.5 Å². The van der Waals surface area contributed by atoms with Crippen molar-refractivity contribution in [3.63, 3.8) is 0 Å². The van der Waals surface area contributed by atoms with Crippen molar-refractivity contribution in [1.82, 2.24) is 0 Å². The summed E-state index contributed by atoms with van der Waals surface area (Å²) in [4.78, 5) is 0. The summed E-state index contributed by atoms with van der Waals surface area (Å²) in [6.45, 7) is 2.20. The first kappa shape index (κ1) is 15.3. The Bertz CT molecular complexity index is 574. The zero-order valence-corrected chi connectivity index (χ0v) is 13.7. The van der Waals surface area contributed by atoms with Gasteiger partial charge in [-0.15, -0.1) is 0 Å². The van der Waals surface area contributed by atoms with Gasteiger partial charge in [0.2, 0.25) is 0 Å². The molecule has 0 aliphatic heterocycles. The summed E-state index contributed by atoms with van der Waals surface area (Å²) in [7, 11) is 1.84. The predicted molar refractivity (Wildman–Crippen MR) is 93.3 cm³/mol. The molecule has 0 unspecified atom stereocenters. The molecule has 1 aliphatic carbocycles. The van der Waals surface area contributed by atoms with Gasteiger partial charge in [-0.2, -0.15) is 0 Å². The minimum atomic E-state index is 0.479. The normalized spacial score (nSPS) is 21.7. The van der Waals surface area contributed by atoms with E-state index in [9.17, 15) is 0 Å². The lowest BCUT2D eigenvalue weighted by molar-refractivity contribution is 0.0659. The van der Waals surface area contributed by atoms with Crippen molar-refractivity contribution in [1.29, 1.82) is 0 Å². The second kappa shape index (κ2) is 7.11. The van der Waals surface area contributed by atoms with Crippen LogP contribution in [0.3, 0.4) is 0 Å². The third-order valence-corrected chi connectivity index (χ3v) is 5.09.